The zero-order valence-electron chi connectivity index (χ0n) is 13.5. The fourth-order valence-electron chi connectivity index (χ4n) is 1.58. The molecule has 0 aliphatic rings. The van der Waals surface area contributed by atoms with Gasteiger partial charge < -0.3 is 9.53 Å². The molecule has 0 heterocycles. The molecule has 0 amide bonds. The van der Waals surface area contributed by atoms with Crippen molar-refractivity contribution in [3.05, 3.63) is 12.2 Å². The van der Waals surface area contributed by atoms with E-state index >= 15 is 0 Å². The summed E-state index contributed by atoms with van der Waals surface area (Å²) >= 11 is 0. The van der Waals surface area contributed by atoms with E-state index in [4.69, 9.17) is 4.74 Å². The molecule has 0 unspecified atom stereocenters. The van der Waals surface area contributed by atoms with Gasteiger partial charge in [-0.25, -0.2) is 0 Å². The number of unbranched alkanes of at least 4 members (excludes halogenated alkanes) is 4. The minimum atomic E-state index is -0.399. The largest absolute Gasteiger partial charge is 0.465 e. The van der Waals surface area contributed by atoms with Crippen LogP contribution in [0.3, 0.4) is 0 Å². The lowest BCUT2D eigenvalue weighted by atomic mass is 9.97. The normalized spacial score (nSPS) is 13.4. The fraction of sp³-hybridized carbons (Fsp3) is 0.765. The Balaban J connectivity index is 3.37. The van der Waals surface area contributed by atoms with Gasteiger partial charge in [-0.1, -0.05) is 31.9 Å². The Bertz CT molecular complexity index is 300. The van der Waals surface area contributed by atoms with Gasteiger partial charge in [-0.05, 0) is 46.5 Å². The SMILES string of the molecule is C[C@H](C=O)C/C=C/CCCCCCOC(=O)C(C)(C)C. The summed E-state index contributed by atoms with van der Waals surface area (Å²) < 4.78 is 5.20. The van der Waals surface area contributed by atoms with Crippen molar-refractivity contribution < 1.29 is 14.3 Å². The Kier molecular flexibility index (Phi) is 10.0. The van der Waals surface area contributed by atoms with Gasteiger partial charge in [0.1, 0.15) is 6.29 Å². The Labute approximate surface area is 123 Å². The molecule has 0 aromatic rings. The molecule has 0 saturated carbocycles. The molecule has 20 heavy (non-hydrogen) atoms. The molecule has 1 atom stereocenters. The lowest BCUT2D eigenvalue weighted by Crippen LogP contribution is -2.23. The fourth-order valence-corrected chi connectivity index (χ4v) is 1.58. The molecule has 0 aromatic carbocycles. The minimum Gasteiger partial charge on any atom is -0.465 e. The summed E-state index contributed by atoms with van der Waals surface area (Å²) in [4.78, 5) is 21.9. The van der Waals surface area contributed by atoms with E-state index in [0.29, 0.717) is 6.61 Å². The van der Waals surface area contributed by atoms with Crippen LogP contribution in [0.2, 0.25) is 0 Å². The van der Waals surface area contributed by atoms with Gasteiger partial charge in [0.05, 0.1) is 12.0 Å². The molecule has 0 aliphatic carbocycles. The molecular formula is C17H30O3. The van der Waals surface area contributed by atoms with Gasteiger partial charge in [-0.2, -0.15) is 0 Å². The van der Waals surface area contributed by atoms with Gasteiger partial charge in [0.2, 0.25) is 0 Å². The lowest BCUT2D eigenvalue weighted by Gasteiger charge is -2.16. The monoisotopic (exact) mass is 282 g/mol. The third-order valence-electron chi connectivity index (χ3n) is 3.02. The molecule has 0 radical (unpaired) electrons. The summed E-state index contributed by atoms with van der Waals surface area (Å²) in [5.74, 6) is 0.00785. The highest BCUT2D eigenvalue weighted by molar-refractivity contribution is 5.75. The van der Waals surface area contributed by atoms with E-state index in [9.17, 15) is 9.59 Å². The van der Waals surface area contributed by atoms with Crippen molar-refractivity contribution in [3.8, 4) is 0 Å². The first-order valence-electron chi connectivity index (χ1n) is 7.65. The maximum absolute atomic E-state index is 11.5. The van der Waals surface area contributed by atoms with Crippen LogP contribution >= 0.6 is 0 Å². The van der Waals surface area contributed by atoms with Crippen molar-refractivity contribution >= 4 is 12.3 Å². The molecule has 0 bridgehead atoms. The zero-order valence-corrected chi connectivity index (χ0v) is 13.5. The summed E-state index contributed by atoms with van der Waals surface area (Å²) in [6, 6.07) is 0. The molecule has 0 spiro atoms. The average Bonchev–Trinajstić information content (AvgIpc) is 2.39. The Hall–Kier alpha value is -1.12. The number of hydrogen-bond acceptors (Lipinski definition) is 3. The number of allylic oxidation sites excluding steroid dienone is 2. The van der Waals surface area contributed by atoms with Crippen LogP contribution in [0.25, 0.3) is 0 Å². The number of rotatable bonds is 10. The van der Waals surface area contributed by atoms with Crippen LogP contribution in [-0.2, 0) is 14.3 Å². The molecule has 0 aliphatic heterocycles. The van der Waals surface area contributed by atoms with Crippen LogP contribution in [0.5, 0.6) is 0 Å². The summed E-state index contributed by atoms with van der Waals surface area (Å²) in [5, 5.41) is 0. The number of ether oxygens (including phenoxy) is 1. The number of esters is 1. The smallest absolute Gasteiger partial charge is 0.311 e. The number of hydrogen-bond donors (Lipinski definition) is 0. The highest BCUT2D eigenvalue weighted by Gasteiger charge is 2.22. The van der Waals surface area contributed by atoms with Gasteiger partial charge in [0.15, 0.2) is 0 Å². The van der Waals surface area contributed by atoms with Crippen LogP contribution in [0.4, 0.5) is 0 Å². The first-order valence-corrected chi connectivity index (χ1v) is 7.65. The predicted octanol–water partition coefficient (Wildman–Crippen LogP) is 4.31. The van der Waals surface area contributed by atoms with Crippen molar-refractivity contribution in [3.63, 3.8) is 0 Å². The molecule has 0 N–H and O–H groups in total. The van der Waals surface area contributed by atoms with Gasteiger partial charge in [0.25, 0.3) is 0 Å². The van der Waals surface area contributed by atoms with Crippen molar-refractivity contribution in [2.75, 3.05) is 6.61 Å². The summed E-state index contributed by atoms with van der Waals surface area (Å²) in [6.45, 7) is 8.06. The van der Waals surface area contributed by atoms with Crippen LogP contribution in [0.1, 0.15) is 66.2 Å². The van der Waals surface area contributed by atoms with Crippen molar-refractivity contribution in [2.24, 2.45) is 11.3 Å². The lowest BCUT2D eigenvalue weighted by molar-refractivity contribution is -0.153. The van der Waals surface area contributed by atoms with E-state index in [1.54, 1.807) is 0 Å². The number of carbonyl (C=O) groups excluding carboxylic acids is 2. The quantitative estimate of drug-likeness (QED) is 0.259. The van der Waals surface area contributed by atoms with Crippen LogP contribution in [0, 0.1) is 11.3 Å². The van der Waals surface area contributed by atoms with Crippen molar-refractivity contribution in [2.45, 2.75) is 66.2 Å². The summed E-state index contributed by atoms with van der Waals surface area (Å²) in [5.41, 5.74) is -0.399. The molecular weight excluding hydrogens is 252 g/mol. The first kappa shape index (κ1) is 18.9. The molecule has 0 saturated heterocycles. The number of carbonyl (C=O) groups is 2. The van der Waals surface area contributed by atoms with Crippen molar-refractivity contribution in [1.82, 2.24) is 0 Å². The zero-order chi connectivity index (χ0) is 15.4. The molecule has 0 aromatic heterocycles. The molecule has 0 fully saturated rings. The van der Waals surface area contributed by atoms with E-state index in [1.807, 2.05) is 27.7 Å². The van der Waals surface area contributed by atoms with Crippen LogP contribution in [-0.4, -0.2) is 18.9 Å². The molecule has 3 heteroatoms. The van der Waals surface area contributed by atoms with Gasteiger partial charge >= 0.3 is 5.97 Å². The summed E-state index contributed by atoms with van der Waals surface area (Å²) in [6.07, 6.45) is 11.5. The number of aldehydes is 1. The predicted molar refractivity (Wildman–Crippen MR) is 82.5 cm³/mol. The van der Waals surface area contributed by atoms with E-state index in [0.717, 1.165) is 44.8 Å². The standard InChI is InChI=1S/C17H30O3/c1-15(14-18)12-10-8-6-5-7-9-11-13-20-16(19)17(2,3)4/h8,10,14-15H,5-7,9,11-13H2,1-4H3/b10-8+/t15-/m0/s1. The highest BCUT2D eigenvalue weighted by Crippen LogP contribution is 2.15. The van der Waals surface area contributed by atoms with Gasteiger partial charge in [-0.15, -0.1) is 0 Å². The molecule has 3 nitrogen and oxygen atoms in total. The Morgan fingerprint density at radius 2 is 1.75 bits per heavy atom. The van der Waals surface area contributed by atoms with Crippen molar-refractivity contribution in [1.29, 1.82) is 0 Å². The Morgan fingerprint density at radius 1 is 1.10 bits per heavy atom. The topological polar surface area (TPSA) is 43.4 Å². The maximum atomic E-state index is 11.5. The second-order valence-corrected chi connectivity index (χ2v) is 6.41. The third kappa shape index (κ3) is 10.8. The molecule has 0 rings (SSSR count). The van der Waals surface area contributed by atoms with Gasteiger partial charge in [-0.3, -0.25) is 4.79 Å². The first-order chi connectivity index (χ1) is 9.38. The highest BCUT2D eigenvalue weighted by atomic mass is 16.5. The van der Waals surface area contributed by atoms with E-state index in [2.05, 4.69) is 12.2 Å². The second kappa shape index (κ2) is 10.6. The summed E-state index contributed by atoms with van der Waals surface area (Å²) in [7, 11) is 0. The van der Waals surface area contributed by atoms with E-state index in [1.165, 1.54) is 0 Å². The van der Waals surface area contributed by atoms with Crippen LogP contribution in [0.15, 0.2) is 12.2 Å². The van der Waals surface area contributed by atoms with Crippen LogP contribution < -0.4 is 0 Å². The van der Waals surface area contributed by atoms with Gasteiger partial charge in [0, 0.05) is 5.92 Å². The second-order valence-electron chi connectivity index (χ2n) is 6.41. The molecule has 116 valence electrons. The average molecular weight is 282 g/mol. The van der Waals surface area contributed by atoms with E-state index < -0.39 is 5.41 Å². The Morgan fingerprint density at radius 3 is 2.35 bits per heavy atom. The van der Waals surface area contributed by atoms with E-state index in [-0.39, 0.29) is 11.9 Å². The maximum Gasteiger partial charge on any atom is 0.311 e. The third-order valence-corrected chi connectivity index (χ3v) is 3.02. The minimum absolute atomic E-state index is 0.121.